The van der Waals surface area contributed by atoms with Crippen LogP contribution in [0.2, 0.25) is 0 Å². The Hall–Kier alpha value is -1.39. The highest BCUT2D eigenvalue weighted by molar-refractivity contribution is 5.86. The van der Waals surface area contributed by atoms with Crippen LogP contribution in [0.15, 0.2) is 18.2 Å². The largest absolute Gasteiger partial charge is 0.496 e. The molecule has 0 saturated heterocycles. The van der Waals surface area contributed by atoms with Crippen LogP contribution in [-0.2, 0) is 16.0 Å². The summed E-state index contributed by atoms with van der Waals surface area (Å²) in [6.45, 7) is 2.22. The molecular weight excluding hydrogens is 218 g/mol. The van der Waals surface area contributed by atoms with Gasteiger partial charge in [0.1, 0.15) is 5.75 Å². The fourth-order valence-corrected chi connectivity index (χ4v) is 1.64. The molecule has 0 amide bonds. The number of benzene rings is 1. The monoisotopic (exact) mass is 237 g/mol. The van der Waals surface area contributed by atoms with Gasteiger partial charge in [-0.3, -0.25) is 4.79 Å². The van der Waals surface area contributed by atoms with E-state index in [9.17, 15) is 4.79 Å². The van der Waals surface area contributed by atoms with E-state index in [1.165, 1.54) is 7.11 Å². The van der Waals surface area contributed by atoms with Crippen molar-refractivity contribution in [2.45, 2.75) is 19.4 Å². The maximum absolute atomic E-state index is 11.8. The predicted octanol–water partition coefficient (Wildman–Crippen LogP) is 1.09. The number of ketones is 1. The standard InChI is InChI=1S/C13H19NO3/c1-9-4-5-13(17-3)10(6-9)7-12(15)11(14)8-16-2/h4-6,11H,7-8,14H2,1-3H3. The van der Waals surface area contributed by atoms with Crippen LogP contribution in [0.3, 0.4) is 0 Å². The predicted molar refractivity (Wildman–Crippen MR) is 66.3 cm³/mol. The molecule has 0 saturated carbocycles. The van der Waals surface area contributed by atoms with Crippen LogP contribution < -0.4 is 10.5 Å². The Bertz CT molecular complexity index is 390. The number of ether oxygens (including phenoxy) is 2. The van der Waals surface area contributed by atoms with Crippen LogP contribution in [0, 0.1) is 6.92 Å². The number of carbonyl (C=O) groups is 1. The summed E-state index contributed by atoms with van der Waals surface area (Å²) in [6, 6.07) is 5.17. The summed E-state index contributed by atoms with van der Waals surface area (Å²) < 4.78 is 10.1. The highest BCUT2D eigenvalue weighted by atomic mass is 16.5. The van der Waals surface area contributed by atoms with E-state index >= 15 is 0 Å². The molecule has 0 bridgehead atoms. The third-order valence-electron chi connectivity index (χ3n) is 2.56. The first-order valence-electron chi connectivity index (χ1n) is 5.49. The topological polar surface area (TPSA) is 61.5 Å². The van der Waals surface area contributed by atoms with Crippen LogP contribution in [-0.4, -0.2) is 32.7 Å². The third-order valence-corrected chi connectivity index (χ3v) is 2.56. The normalized spacial score (nSPS) is 12.2. The lowest BCUT2D eigenvalue weighted by atomic mass is 10.0. The molecule has 17 heavy (non-hydrogen) atoms. The van der Waals surface area contributed by atoms with Gasteiger partial charge in [0.05, 0.1) is 19.8 Å². The van der Waals surface area contributed by atoms with Crippen molar-refractivity contribution in [2.24, 2.45) is 5.73 Å². The fraction of sp³-hybridized carbons (Fsp3) is 0.462. The molecule has 1 aromatic rings. The molecule has 0 radical (unpaired) electrons. The maximum atomic E-state index is 11.8. The van der Waals surface area contributed by atoms with Crippen LogP contribution >= 0.6 is 0 Å². The lowest BCUT2D eigenvalue weighted by Crippen LogP contribution is -2.36. The fourth-order valence-electron chi connectivity index (χ4n) is 1.64. The Morgan fingerprint density at radius 1 is 1.41 bits per heavy atom. The van der Waals surface area contributed by atoms with E-state index in [1.807, 2.05) is 25.1 Å². The molecular formula is C13H19NO3. The first kappa shape index (κ1) is 13.7. The molecule has 0 aliphatic carbocycles. The van der Waals surface area contributed by atoms with Crippen LogP contribution in [0.25, 0.3) is 0 Å². The maximum Gasteiger partial charge on any atom is 0.156 e. The molecule has 1 aromatic carbocycles. The van der Waals surface area contributed by atoms with Gasteiger partial charge in [-0.1, -0.05) is 17.7 Å². The van der Waals surface area contributed by atoms with Crippen molar-refractivity contribution >= 4 is 5.78 Å². The number of methoxy groups -OCH3 is 2. The highest BCUT2D eigenvalue weighted by Gasteiger charge is 2.16. The van der Waals surface area contributed by atoms with Gasteiger partial charge in [-0.15, -0.1) is 0 Å². The summed E-state index contributed by atoms with van der Waals surface area (Å²) >= 11 is 0. The van der Waals surface area contributed by atoms with Gasteiger partial charge in [0.15, 0.2) is 5.78 Å². The lowest BCUT2D eigenvalue weighted by molar-refractivity contribution is -0.120. The molecule has 0 spiro atoms. The summed E-state index contributed by atoms with van der Waals surface area (Å²) in [5.74, 6) is 0.671. The third kappa shape index (κ3) is 3.84. The summed E-state index contributed by atoms with van der Waals surface area (Å²) in [5.41, 5.74) is 7.65. The zero-order valence-corrected chi connectivity index (χ0v) is 10.5. The molecule has 4 nitrogen and oxygen atoms in total. The van der Waals surface area contributed by atoms with Gasteiger partial charge >= 0.3 is 0 Å². The smallest absolute Gasteiger partial charge is 0.156 e. The van der Waals surface area contributed by atoms with Crippen molar-refractivity contribution in [2.75, 3.05) is 20.8 Å². The minimum atomic E-state index is -0.579. The van der Waals surface area contributed by atoms with Crippen LogP contribution in [0.4, 0.5) is 0 Å². The SMILES string of the molecule is COCC(N)C(=O)Cc1cc(C)ccc1OC. The number of hydrogen-bond acceptors (Lipinski definition) is 4. The average Bonchev–Trinajstić information content (AvgIpc) is 2.29. The number of rotatable bonds is 6. The van der Waals surface area contributed by atoms with Gasteiger partial charge in [-0.2, -0.15) is 0 Å². The van der Waals surface area contributed by atoms with Crippen molar-refractivity contribution in [3.05, 3.63) is 29.3 Å². The molecule has 0 aliphatic rings. The van der Waals surface area contributed by atoms with E-state index in [-0.39, 0.29) is 18.8 Å². The van der Waals surface area contributed by atoms with Crippen molar-refractivity contribution in [3.63, 3.8) is 0 Å². The molecule has 1 unspecified atom stereocenters. The van der Waals surface area contributed by atoms with Gasteiger partial charge in [-0.05, 0) is 13.0 Å². The van der Waals surface area contributed by atoms with Crippen molar-refractivity contribution in [3.8, 4) is 5.75 Å². The van der Waals surface area contributed by atoms with Crippen molar-refractivity contribution in [1.82, 2.24) is 0 Å². The Kier molecular flexibility index (Phi) is 5.12. The Labute approximate surface area is 102 Å². The van der Waals surface area contributed by atoms with E-state index in [0.29, 0.717) is 5.75 Å². The zero-order valence-electron chi connectivity index (χ0n) is 10.5. The minimum absolute atomic E-state index is 0.0456. The number of carbonyl (C=O) groups excluding carboxylic acids is 1. The van der Waals surface area contributed by atoms with E-state index in [2.05, 4.69) is 0 Å². The number of nitrogens with two attached hydrogens (primary N) is 1. The second kappa shape index (κ2) is 6.37. The van der Waals surface area contributed by atoms with E-state index in [0.717, 1.165) is 11.1 Å². The molecule has 4 heteroatoms. The van der Waals surface area contributed by atoms with Gasteiger partial charge in [0.25, 0.3) is 0 Å². The minimum Gasteiger partial charge on any atom is -0.496 e. The van der Waals surface area contributed by atoms with Crippen molar-refractivity contribution < 1.29 is 14.3 Å². The van der Waals surface area contributed by atoms with Crippen molar-refractivity contribution in [1.29, 1.82) is 0 Å². The molecule has 1 rings (SSSR count). The van der Waals surface area contributed by atoms with Gasteiger partial charge in [0, 0.05) is 19.1 Å². The Morgan fingerprint density at radius 3 is 2.71 bits per heavy atom. The number of aryl methyl sites for hydroxylation is 1. The van der Waals surface area contributed by atoms with Gasteiger partial charge in [0.2, 0.25) is 0 Å². The second-order valence-corrected chi connectivity index (χ2v) is 4.02. The zero-order chi connectivity index (χ0) is 12.8. The summed E-state index contributed by atoms with van der Waals surface area (Å²) in [7, 11) is 3.12. The molecule has 2 N–H and O–H groups in total. The van der Waals surface area contributed by atoms with Gasteiger partial charge in [-0.25, -0.2) is 0 Å². The average molecular weight is 237 g/mol. The highest BCUT2D eigenvalue weighted by Crippen LogP contribution is 2.20. The summed E-state index contributed by atoms with van der Waals surface area (Å²) in [6.07, 6.45) is 0.273. The first-order chi connectivity index (χ1) is 8.08. The molecule has 94 valence electrons. The second-order valence-electron chi connectivity index (χ2n) is 4.02. The Morgan fingerprint density at radius 2 is 2.12 bits per heavy atom. The Balaban J connectivity index is 2.79. The van der Waals surface area contributed by atoms with Crippen LogP contribution in [0.5, 0.6) is 5.75 Å². The number of hydrogen-bond donors (Lipinski definition) is 1. The molecule has 0 aliphatic heterocycles. The van der Waals surface area contributed by atoms with E-state index in [1.54, 1.807) is 7.11 Å². The molecule has 0 fully saturated rings. The first-order valence-corrected chi connectivity index (χ1v) is 5.49. The van der Waals surface area contributed by atoms with E-state index in [4.69, 9.17) is 15.2 Å². The quantitative estimate of drug-likeness (QED) is 0.804. The molecule has 1 atom stereocenters. The van der Waals surface area contributed by atoms with Gasteiger partial charge < -0.3 is 15.2 Å². The lowest BCUT2D eigenvalue weighted by Gasteiger charge is -2.12. The van der Waals surface area contributed by atoms with Crippen LogP contribution in [0.1, 0.15) is 11.1 Å². The summed E-state index contributed by atoms with van der Waals surface area (Å²) in [4.78, 5) is 11.8. The summed E-state index contributed by atoms with van der Waals surface area (Å²) in [5, 5.41) is 0. The molecule has 0 aromatic heterocycles. The number of Topliss-reactive ketones (excluding diaryl/α,β-unsaturated/α-hetero) is 1. The molecule has 0 heterocycles. The van der Waals surface area contributed by atoms with E-state index < -0.39 is 6.04 Å².